The number of H-pyrrole nitrogens is 1. The number of pyridine rings is 1. The maximum atomic E-state index is 6.55. The van der Waals surface area contributed by atoms with E-state index in [9.17, 15) is 0 Å². The fourth-order valence-corrected chi connectivity index (χ4v) is 4.04. The Morgan fingerprint density at radius 1 is 1.21 bits per heavy atom. The van der Waals surface area contributed by atoms with Gasteiger partial charge in [-0.3, -0.25) is 4.98 Å². The molecule has 0 spiro atoms. The van der Waals surface area contributed by atoms with Crippen LogP contribution in [0.4, 0.5) is 0 Å². The summed E-state index contributed by atoms with van der Waals surface area (Å²) in [6.45, 7) is 3.63. The topological polar surface area (TPSA) is 102 Å². The second-order valence-electron chi connectivity index (χ2n) is 6.38. The predicted octanol–water partition coefficient (Wildman–Crippen LogP) is 3.01. The highest BCUT2D eigenvalue weighted by Gasteiger charge is 2.24. The third-order valence-electron chi connectivity index (χ3n) is 4.49. The van der Waals surface area contributed by atoms with Gasteiger partial charge in [-0.1, -0.05) is 18.5 Å². The lowest BCUT2D eigenvalue weighted by Gasteiger charge is -2.27. The van der Waals surface area contributed by atoms with Crippen LogP contribution in [0.5, 0.6) is 5.88 Å². The van der Waals surface area contributed by atoms with Gasteiger partial charge in [0, 0.05) is 42.3 Å². The maximum Gasteiger partial charge on any atom is 0.229 e. The summed E-state index contributed by atoms with van der Waals surface area (Å²) in [4.78, 5) is 26.3. The van der Waals surface area contributed by atoms with Crippen molar-refractivity contribution in [2.75, 3.05) is 13.1 Å². The summed E-state index contributed by atoms with van der Waals surface area (Å²) in [5, 5.41) is 5.11. The number of rotatable bonds is 5. The number of fused-ring (bicyclic) bond motifs is 2. The summed E-state index contributed by atoms with van der Waals surface area (Å²) in [7, 11) is 0. The molecule has 0 atom stereocenters. The van der Waals surface area contributed by atoms with Crippen LogP contribution in [0.15, 0.2) is 34.7 Å². The van der Waals surface area contributed by atoms with E-state index in [2.05, 4.69) is 35.2 Å². The number of nitrogens with zero attached hydrogens (tertiary/aromatic N) is 5. The Bertz CT molecular complexity index is 1180. The average molecular weight is 414 g/mol. The lowest BCUT2D eigenvalue weighted by atomic mass is 10.2. The Morgan fingerprint density at radius 3 is 2.86 bits per heavy atom. The molecular formula is C18H16ClN7OS. The molecule has 142 valence electrons. The van der Waals surface area contributed by atoms with E-state index in [1.165, 1.54) is 11.8 Å². The first-order valence-corrected chi connectivity index (χ1v) is 10.1. The van der Waals surface area contributed by atoms with Crippen molar-refractivity contribution in [2.24, 2.45) is 0 Å². The van der Waals surface area contributed by atoms with Gasteiger partial charge in [-0.25, -0.2) is 15.0 Å². The molecule has 0 unspecified atom stereocenters. The van der Waals surface area contributed by atoms with Crippen molar-refractivity contribution in [1.29, 1.82) is 0 Å². The minimum absolute atomic E-state index is 0.0876. The third kappa shape index (κ3) is 3.15. The summed E-state index contributed by atoms with van der Waals surface area (Å²) in [5.41, 5.74) is 2.93. The molecule has 5 rings (SSSR count). The van der Waals surface area contributed by atoms with Gasteiger partial charge < -0.3 is 15.0 Å². The molecule has 4 aromatic rings. The first-order chi connectivity index (χ1) is 13.7. The lowest BCUT2D eigenvalue weighted by Crippen LogP contribution is -2.50. The van der Waals surface area contributed by atoms with E-state index < -0.39 is 0 Å². The van der Waals surface area contributed by atoms with Crippen LogP contribution >= 0.6 is 23.4 Å². The van der Waals surface area contributed by atoms with Gasteiger partial charge in [0.2, 0.25) is 5.88 Å². The van der Waals surface area contributed by atoms with Gasteiger partial charge >= 0.3 is 0 Å². The molecule has 10 heteroatoms. The van der Waals surface area contributed by atoms with E-state index in [4.69, 9.17) is 16.3 Å². The third-order valence-corrected chi connectivity index (χ3v) is 5.73. The highest BCUT2D eigenvalue weighted by molar-refractivity contribution is 7.99. The summed E-state index contributed by atoms with van der Waals surface area (Å²) in [6, 6.07) is 1.92. The molecule has 0 amide bonds. The maximum absolute atomic E-state index is 6.55. The van der Waals surface area contributed by atoms with Crippen LogP contribution in [0.1, 0.15) is 12.6 Å². The summed E-state index contributed by atoms with van der Waals surface area (Å²) < 4.78 is 6.08. The SMILES string of the molecule is CCc1[nH]c2nc(Sc3cnc4nccnc4c3)nc(OC3CNC3)c2c1Cl. The fourth-order valence-electron chi connectivity index (χ4n) is 2.94. The molecule has 0 bridgehead atoms. The molecule has 1 aliphatic heterocycles. The van der Waals surface area contributed by atoms with Crippen LogP contribution in [-0.2, 0) is 6.42 Å². The van der Waals surface area contributed by atoms with Gasteiger partial charge in [0.05, 0.1) is 10.4 Å². The van der Waals surface area contributed by atoms with Crippen LogP contribution < -0.4 is 10.1 Å². The Labute approximate surface area is 169 Å². The average Bonchev–Trinajstić information content (AvgIpc) is 3.00. The monoisotopic (exact) mass is 413 g/mol. The number of aryl methyl sites for hydroxylation is 1. The van der Waals surface area contributed by atoms with E-state index in [1.807, 2.05) is 13.0 Å². The number of hydrogen-bond acceptors (Lipinski definition) is 8. The van der Waals surface area contributed by atoms with Crippen molar-refractivity contribution >= 4 is 45.6 Å². The molecule has 1 fully saturated rings. The van der Waals surface area contributed by atoms with E-state index in [-0.39, 0.29) is 6.10 Å². The van der Waals surface area contributed by atoms with Crippen LogP contribution in [0.25, 0.3) is 22.2 Å². The van der Waals surface area contributed by atoms with Gasteiger partial charge in [0.15, 0.2) is 10.8 Å². The molecule has 1 aliphatic rings. The number of aromatic amines is 1. The highest BCUT2D eigenvalue weighted by Crippen LogP contribution is 2.36. The zero-order valence-corrected chi connectivity index (χ0v) is 16.5. The number of nitrogens with one attached hydrogen (secondary N) is 2. The minimum Gasteiger partial charge on any atom is -0.471 e. The van der Waals surface area contributed by atoms with Crippen molar-refractivity contribution in [1.82, 2.24) is 35.2 Å². The van der Waals surface area contributed by atoms with Gasteiger partial charge in [0.25, 0.3) is 0 Å². The highest BCUT2D eigenvalue weighted by atomic mass is 35.5. The van der Waals surface area contributed by atoms with Crippen molar-refractivity contribution in [3.05, 3.63) is 35.4 Å². The number of ether oxygens (including phenoxy) is 1. The van der Waals surface area contributed by atoms with Crippen molar-refractivity contribution in [3.63, 3.8) is 0 Å². The van der Waals surface area contributed by atoms with Gasteiger partial charge in [-0.05, 0) is 24.2 Å². The molecule has 1 saturated heterocycles. The molecule has 4 aromatic heterocycles. The molecule has 28 heavy (non-hydrogen) atoms. The zero-order valence-electron chi connectivity index (χ0n) is 14.9. The largest absolute Gasteiger partial charge is 0.471 e. The second kappa shape index (κ2) is 7.16. The Morgan fingerprint density at radius 2 is 2.07 bits per heavy atom. The molecule has 0 radical (unpaired) electrons. The Balaban J connectivity index is 1.55. The Hall–Kier alpha value is -2.49. The molecule has 0 aliphatic carbocycles. The quantitative estimate of drug-likeness (QED) is 0.481. The smallest absolute Gasteiger partial charge is 0.229 e. The molecule has 5 heterocycles. The van der Waals surface area contributed by atoms with Gasteiger partial charge in [0.1, 0.15) is 17.3 Å². The minimum atomic E-state index is 0.0876. The van der Waals surface area contributed by atoms with Crippen LogP contribution in [-0.4, -0.2) is 49.1 Å². The van der Waals surface area contributed by atoms with Crippen LogP contribution in [0.3, 0.4) is 0 Å². The number of halogens is 1. The first kappa shape index (κ1) is 17.6. The molecule has 8 nitrogen and oxygen atoms in total. The van der Waals surface area contributed by atoms with Crippen molar-refractivity contribution in [3.8, 4) is 5.88 Å². The van der Waals surface area contributed by atoms with E-state index in [0.717, 1.165) is 41.0 Å². The van der Waals surface area contributed by atoms with Gasteiger partial charge in [-0.2, -0.15) is 4.98 Å². The summed E-state index contributed by atoms with van der Waals surface area (Å²) >= 11 is 7.94. The summed E-state index contributed by atoms with van der Waals surface area (Å²) in [5.74, 6) is 0.508. The molecule has 0 aromatic carbocycles. The number of hydrogen-bond donors (Lipinski definition) is 2. The molecular weight excluding hydrogens is 398 g/mol. The molecule has 0 saturated carbocycles. The fraction of sp³-hybridized carbons (Fsp3) is 0.278. The zero-order chi connectivity index (χ0) is 19.1. The first-order valence-electron chi connectivity index (χ1n) is 8.91. The molecule has 2 N–H and O–H groups in total. The van der Waals surface area contributed by atoms with Crippen molar-refractivity contribution in [2.45, 2.75) is 29.5 Å². The van der Waals surface area contributed by atoms with Crippen LogP contribution in [0, 0.1) is 0 Å². The standard InChI is InChI=1S/C18H16ClN7OS/c1-2-11-14(19)13-16(24-11)25-18(26-17(13)27-9-6-20-7-9)28-10-5-12-15(23-8-10)22-4-3-21-12/h3-5,8-9,20H,2,6-7H2,1H3,(H,24,25,26). The van der Waals surface area contributed by atoms with E-state index in [1.54, 1.807) is 18.6 Å². The number of aromatic nitrogens is 6. The summed E-state index contributed by atoms with van der Waals surface area (Å²) in [6.07, 6.45) is 5.87. The van der Waals surface area contributed by atoms with Crippen molar-refractivity contribution < 1.29 is 4.74 Å². The normalized spacial score (nSPS) is 14.5. The lowest BCUT2D eigenvalue weighted by molar-refractivity contribution is 0.137. The van der Waals surface area contributed by atoms with E-state index in [0.29, 0.717) is 27.4 Å². The Kier molecular flexibility index (Phi) is 4.50. The van der Waals surface area contributed by atoms with Gasteiger partial charge in [-0.15, -0.1) is 0 Å². The van der Waals surface area contributed by atoms with E-state index >= 15 is 0 Å². The van der Waals surface area contributed by atoms with Crippen LogP contribution in [0.2, 0.25) is 5.02 Å². The predicted molar refractivity (Wildman–Crippen MR) is 107 cm³/mol. The second-order valence-corrected chi connectivity index (χ2v) is 7.79.